The number of carboxylic acid groups (broad SMARTS) is 1. The molecule has 0 spiro atoms. The topological polar surface area (TPSA) is 59.0 Å². The first-order chi connectivity index (χ1) is 13.7. The minimum absolute atomic E-state index is 0.0536. The van der Waals surface area contributed by atoms with Crippen molar-refractivity contribution in [3.8, 4) is 11.5 Å². The molecule has 1 heterocycles. The molecule has 0 aliphatic carbocycles. The van der Waals surface area contributed by atoms with Gasteiger partial charge in [-0.1, -0.05) is 29.8 Å². The van der Waals surface area contributed by atoms with Gasteiger partial charge in [0, 0.05) is 19.6 Å². The minimum Gasteiger partial charge on any atom is -0.489 e. The van der Waals surface area contributed by atoms with Crippen LogP contribution in [0.2, 0.25) is 5.02 Å². The summed E-state index contributed by atoms with van der Waals surface area (Å²) in [6.45, 7) is 10.4. The van der Waals surface area contributed by atoms with Gasteiger partial charge in [0.05, 0.1) is 17.0 Å². The van der Waals surface area contributed by atoms with Gasteiger partial charge in [0.15, 0.2) is 0 Å². The van der Waals surface area contributed by atoms with Crippen molar-refractivity contribution < 1.29 is 19.4 Å². The Morgan fingerprint density at radius 1 is 1.17 bits per heavy atom. The molecule has 0 radical (unpaired) electrons. The van der Waals surface area contributed by atoms with Crippen molar-refractivity contribution in [3.63, 3.8) is 0 Å². The van der Waals surface area contributed by atoms with Crippen LogP contribution in [-0.2, 0) is 17.9 Å². The van der Waals surface area contributed by atoms with Crippen molar-refractivity contribution in [1.82, 2.24) is 4.90 Å². The van der Waals surface area contributed by atoms with E-state index in [1.807, 2.05) is 45.9 Å². The minimum atomic E-state index is -0.707. The smallest absolute Gasteiger partial charge is 0.309 e. The molecule has 1 N–H and O–H groups in total. The number of carbonyl (C=O) groups is 1. The Bertz CT molecular complexity index is 867. The van der Waals surface area contributed by atoms with Crippen LogP contribution in [0.1, 0.15) is 36.1 Å². The third-order valence-electron chi connectivity index (χ3n) is 4.97. The number of benzene rings is 2. The summed E-state index contributed by atoms with van der Waals surface area (Å²) in [6, 6.07) is 9.93. The Hall–Kier alpha value is -2.24. The molecule has 29 heavy (non-hydrogen) atoms. The zero-order valence-electron chi connectivity index (χ0n) is 17.4. The molecule has 156 valence electrons. The lowest BCUT2D eigenvalue weighted by molar-refractivity contribution is -0.147. The summed E-state index contributed by atoms with van der Waals surface area (Å²) >= 11 is 6.21. The van der Waals surface area contributed by atoms with E-state index in [-0.39, 0.29) is 12.0 Å². The first kappa shape index (κ1) is 21.5. The van der Waals surface area contributed by atoms with Gasteiger partial charge in [-0.2, -0.15) is 0 Å². The SMILES string of the molecule is Cc1cc(CN2CC(C(=O)O)C2)cc(C)c1OCc1ccc(Cl)c(OC(C)C)c1. The number of ether oxygens (including phenoxy) is 2. The molecule has 0 saturated carbocycles. The number of halogens is 1. The standard InChI is InChI=1S/C23H28ClNO4/c1-14(2)29-21-9-17(5-6-20(21)24)13-28-22-15(3)7-18(8-16(22)4)10-25-11-19(12-25)23(26)27/h5-9,14,19H,10-13H2,1-4H3,(H,26,27). The Balaban J connectivity index is 1.64. The predicted molar refractivity (Wildman–Crippen MR) is 114 cm³/mol. The molecule has 5 nitrogen and oxygen atoms in total. The van der Waals surface area contributed by atoms with E-state index in [9.17, 15) is 4.79 Å². The number of rotatable bonds is 8. The van der Waals surface area contributed by atoms with Crippen LogP contribution in [0.4, 0.5) is 0 Å². The Morgan fingerprint density at radius 2 is 1.83 bits per heavy atom. The monoisotopic (exact) mass is 417 g/mol. The van der Waals surface area contributed by atoms with E-state index < -0.39 is 5.97 Å². The van der Waals surface area contributed by atoms with Crippen LogP contribution in [0, 0.1) is 19.8 Å². The third kappa shape index (κ3) is 5.43. The van der Waals surface area contributed by atoms with Gasteiger partial charge in [0.1, 0.15) is 18.1 Å². The maximum absolute atomic E-state index is 11.0. The number of likely N-dealkylation sites (tertiary alicyclic amines) is 1. The van der Waals surface area contributed by atoms with E-state index in [1.54, 1.807) is 0 Å². The summed E-state index contributed by atoms with van der Waals surface area (Å²) in [5, 5.41) is 9.60. The van der Waals surface area contributed by atoms with Gasteiger partial charge in [-0.05, 0) is 62.1 Å². The molecular weight excluding hydrogens is 390 g/mol. The van der Waals surface area contributed by atoms with Crippen LogP contribution in [0.5, 0.6) is 11.5 Å². The number of aliphatic carboxylic acids is 1. The van der Waals surface area contributed by atoms with Crippen LogP contribution in [0.3, 0.4) is 0 Å². The average molecular weight is 418 g/mol. The molecule has 1 aliphatic heterocycles. The van der Waals surface area contributed by atoms with Crippen molar-refractivity contribution in [3.05, 3.63) is 57.6 Å². The van der Waals surface area contributed by atoms with Crippen LogP contribution in [0.15, 0.2) is 30.3 Å². The zero-order chi connectivity index (χ0) is 21.1. The fourth-order valence-corrected chi connectivity index (χ4v) is 3.77. The molecular formula is C23H28ClNO4. The number of aryl methyl sites for hydroxylation is 2. The number of hydrogen-bond donors (Lipinski definition) is 1. The van der Waals surface area contributed by atoms with Gasteiger partial charge < -0.3 is 14.6 Å². The average Bonchev–Trinajstić information content (AvgIpc) is 2.59. The molecule has 2 aromatic carbocycles. The van der Waals surface area contributed by atoms with Crippen LogP contribution in [0.25, 0.3) is 0 Å². The van der Waals surface area contributed by atoms with Gasteiger partial charge in [0.25, 0.3) is 0 Å². The van der Waals surface area contributed by atoms with E-state index >= 15 is 0 Å². The second-order valence-electron chi connectivity index (χ2n) is 8.01. The summed E-state index contributed by atoms with van der Waals surface area (Å²) in [5.74, 6) is 0.605. The molecule has 2 aromatic rings. The fraction of sp³-hybridized carbons (Fsp3) is 0.435. The van der Waals surface area contributed by atoms with Crippen molar-refractivity contribution in [2.75, 3.05) is 13.1 Å². The van der Waals surface area contributed by atoms with Crippen LogP contribution in [-0.4, -0.2) is 35.2 Å². The second kappa shape index (κ2) is 9.06. The maximum atomic E-state index is 11.0. The molecule has 0 atom stereocenters. The van der Waals surface area contributed by atoms with E-state index in [1.165, 1.54) is 5.56 Å². The zero-order valence-corrected chi connectivity index (χ0v) is 18.1. The lowest BCUT2D eigenvalue weighted by atomic mass is 9.98. The maximum Gasteiger partial charge on any atom is 0.309 e. The fourth-order valence-electron chi connectivity index (χ4n) is 3.61. The lowest BCUT2D eigenvalue weighted by Crippen LogP contribution is -2.49. The van der Waals surface area contributed by atoms with Crippen LogP contribution < -0.4 is 9.47 Å². The number of nitrogens with zero attached hydrogens (tertiary/aromatic N) is 1. The van der Waals surface area contributed by atoms with Crippen molar-refractivity contribution in [2.24, 2.45) is 5.92 Å². The highest BCUT2D eigenvalue weighted by atomic mass is 35.5. The van der Waals surface area contributed by atoms with E-state index in [4.69, 9.17) is 26.2 Å². The van der Waals surface area contributed by atoms with Gasteiger partial charge in [0.2, 0.25) is 0 Å². The van der Waals surface area contributed by atoms with Crippen molar-refractivity contribution in [1.29, 1.82) is 0 Å². The molecule has 0 amide bonds. The molecule has 6 heteroatoms. The highest BCUT2D eigenvalue weighted by Crippen LogP contribution is 2.30. The molecule has 0 bridgehead atoms. The van der Waals surface area contributed by atoms with Gasteiger partial charge >= 0.3 is 5.97 Å². The first-order valence-electron chi connectivity index (χ1n) is 9.86. The summed E-state index contributed by atoms with van der Waals surface area (Å²) in [4.78, 5) is 13.1. The predicted octanol–water partition coefficient (Wildman–Crippen LogP) is 4.84. The summed E-state index contributed by atoms with van der Waals surface area (Å²) in [7, 11) is 0. The molecule has 1 aliphatic rings. The van der Waals surface area contributed by atoms with Crippen molar-refractivity contribution >= 4 is 17.6 Å². The van der Waals surface area contributed by atoms with Gasteiger partial charge in [-0.15, -0.1) is 0 Å². The van der Waals surface area contributed by atoms with E-state index in [0.717, 1.165) is 29.0 Å². The Morgan fingerprint density at radius 3 is 2.41 bits per heavy atom. The van der Waals surface area contributed by atoms with E-state index in [2.05, 4.69) is 17.0 Å². The number of hydrogen-bond acceptors (Lipinski definition) is 4. The third-order valence-corrected chi connectivity index (χ3v) is 5.29. The first-order valence-corrected chi connectivity index (χ1v) is 10.2. The number of carboxylic acids is 1. The molecule has 1 saturated heterocycles. The highest BCUT2D eigenvalue weighted by molar-refractivity contribution is 6.32. The Labute approximate surface area is 177 Å². The summed E-state index contributed by atoms with van der Waals surface area (Å²) in [5.41, 5.74) is 4.31. The summed E-state index contributed by atoms with van der Waals surface area (Å²) in [6.07, 6.45) is 0.0536. The van der Waals surface area contributed by atoms with Crippen LogP contribution >= 0.6 is 11.6 Å². The molecule has 0 aromatic heterocycles. The summed E-state index contributed by atoms with van der Waals surface area (Å²) < 4.78 is 11.9. The molecule has 1 fully saturated rings. The van der Waals surface area contributed by atoms with Gasteiger partial charge in [-0.25, -0.2) is 0 Å². The van der Waals surface area contributed by atoms with Gasteiger partial charge in [-0.3, -0.25) is 9.69 Å². The quantitative estimate of drug-likeness (QED) is 0.666. The lowest BCUT2D eigenvalue weighted by Gasteiger charge is -2.36. The van der Waals surface area contributed by atoms with Crippen molar-refractivity contribution in [2.45, 2.75) is 47.0 Å². The Kier molecular flexibility index (Phi) is 6.70. The second-order valence-corrected chi connectivity index (χ2v) is 8.42. The molecule has 0 unspecified atom stereocenters. The normalized spacial score (nSPS) is 14.7. The largest absolute Gasteiger partial charge is 0.489 e. The molecule has 3 rings (SSSR count). The van der Waals surface area contributed by atoms with E-state index in [0.29, 0.717) is 30.5 Å². The highest BCUT2D eigenvalue weighted by Gasteiger charge is 2.32.